The van der Waals surface area contributed by atoms with E-state index >= 15 is 0 Å². The molecule has 0 aliphatic heterocycles. The summed E-state index contributed by atoms with van der Waals surface area (Å²) in [6, 6.07) is 8.61. The summed E-state index contributed by atoms with van der Waals surface area (Å²) in [4.78, 5) is 5.76. The molecule has 108 valence electrons. The van der Waals surface area contributed by atoms with Crippen LogP contribution in [0.2, 0.25) is 0 Å². The van der Waals surface area contributed by atoms with Crippen LogP contribution in [0.1, 0.15) is 34.4 Å². The Bertz CT molecular complexity index is 722. The molecule has 1 heterocycles. The molecule has 2 aromatic rings. The average Bonchev–Trinajstić information content (AvgIpc) is 2.84. The van der Waals surface area contributed by atoms with E-state index in [9.17, 15) is 0 Å². The largest absolute Gasteiger partial charge is 0.384 e. The summed E-state index contributed by atoms with van der Waals surface area (Å²) in [7, 11) is 0. The fraction of sp³-hybridized carbons (Fsp3) is 0.294. The summed E-state index contributed by atoms with van der Waals surface area (Å²) >= 11 is 1.60. The van der Waals surface area contributed by atoms with Gasteiger partial charge in [-0.3, -0.25) is 5.41 Å². The van der Waals surface area contributed by atoms with Gasteiger partial charge >= 0.3 is 0 Å². The Labute approximate surface area is 129 Å². The molecule has 3 N–H and O–H groups in total. The lowest BCUT2D eigenvalue weighted by Crippen LogP contribution is -2.15. The van der Waals surface area contributed by atoms with E-state index in [1.807, 2.05) is 19.9 Å². The molecule has 0 fully saturated rings. The van der Waals surface area contributed by atoms with E-state index in [4.69, 9.17) is 11.1 Å². The minimum Gasteiger partial charge on any atom is -0.384 e. The van der Waals surface area contributed by atoms with Gasteiger partial charge in [0.25, 0.3) is 0 Å². The van der Waals surface area contributed by atoms with Gasteiger partial charge in [0.15, 0.2) is 0 Å². The Morgan fingerprint density at radius 3 is 2.71 bits per heavy atom. The Balaban J connectivity index is 1.99. The first kappa shape index (κ1) is 14.1. The van der Waals surface area contributed by atoms with Crippen molar-refractivity contribution in [1.29, 1.82) is 5.41 Å². The fourth-order valence-corrected chi connectivity index (χ4v) is 4.05. The van der Waals surface area contributed by atoms with Crippen LogP contribution < -0.4 is 5.73 Å². The van der Waals surface area contributed by atoms with Gasteiger partial charge in [-0.25, -0.2) is 4.98 Å². The summed E-state index contributed by atoms with van der Waals surface area (Å²) in [6.07, 6.45) is 3.62. The Kier molecular flexibility index (Phi) is 3.72. The Morgan fingerprint density at radius 2 is 1.95 bits per heavy atom. The number of pyridine rings is 1. The number of nitrogen functional groups attached to an aromatic ring is 1. The molecule has 0 saturated carbocycles. The molecule has 1 aromatic carbocycles. The summed E-state index contributed by atoms with van der Waals surface area (Å²) in [5.41, 5.74) is 11.4. The van der Waals surface area contributed by atoms with Crippen LogP contribution in [0.25, 0.3) is 0 Å². The van der Waals surface area contributed by atoms with Gasteiger partial charge in [-0.05, 0) is 68.0 Å². The second kappa shape index (κ2) is 5.53. The summed E-state index contributed by atoms with van der Waals surface area (Å²) < 4.78 is 0. The highest BCUT2D eigenvalue weighted by Gasteiger charge is 2.15. The predicted molar refractivity (Wildman–Crippen MR) is 87.3 cm³/mol. The van der Waals surface area contributed by atoms with Crippen LogP contribution in [0.15, 0.2) is 34.2 Å². The predicted octanol–water partition coefficient (Wildman–Crippen LogP) is 3.62. The topological polar surface area (TPSA) is 62.8 Å². The van der Waals surface area contributed by atoms with Crippen molar-refractivity contribution in [3.8, 4) is 0 Å². The highest BCUT2D eigenvalue weighted by atomic mass is 32.2. The van der Waals surface area contributed by atoms with E-state index < -0.39 is 0 Å². The molecule has 0 atom stereocenters. The van der Waals surface area contributed by atoms with Crippen molar-refractivity contribution < 1.29 is 0 Å². The van der Waals surface area contributed by atoms with Crippen molar-refractivity contribution in [3.05, 3.63) is 52.2 Å². The van der Waals surface area contributed by atoms with E-state index in [1.54, 1.807) is 11.8 Å². The lowest BCUT2D eigenvalue weighted by molar-refractivity contribution is 0.911. The number of fused-ring (bicyclic) bond motifs is 1. The first-order valence-corrected chi connectivity index (χ1v) is 7.98. The van der Waals surface area contributed by atoms with Crippen LogP contribution >= 0.6 is 11.8 Å². The molecule has 3 rings (SSSR count). The van der Waals surface area contributed by atoms with E-state index in [0.29, 0.717) is 0 Å². The lowest BCUT2D eigenvalue weighted by atomic mass is 10.1. The summed E-state index contributed by atoms with van der Waals surface area (Å²) in [5.74, 6) is 0.0867. The first-order chi connectivity index (χ1) is 10.0. The molecule has 21 heavy (non-hydrogen) atoms. The SMILES string of the molecule is Cc1cc(C)c(C(=N)N)c(Sc2ccc3c(c2)CCC3)n1. The highest BCUT2D eigenvalue weighted by molar-refractivity contribution is 7.99. The normalized spacial score (nSPS) is 13.2. The third-order valence-electron chi connectivity index (χ3n) is 3.87. The molecule has 0 amide bonds. The van der Waals surface area contributed by atoms with Gasteiger partial charge in [-0.2, -0.15) is 0 Å². The zero-order valence-electron chi connectivity index (χ0n) is 12.4. The molecule has 0 bridgehead atoms. The standard InChI is InChI=1S/C17H19N3S/c1-10-8-11(2)20-17(15(10)16(18)19)21-14-7-6-12-4-3-5-13(12)9-14/h6-9H,3-5H2,1-2H3,(H3,18,19). The van der Waals surface area contributed by atoms with Crippen LogP contribution in [0.4, 0.5) is 0 Å². The van der Waals surface area contributed by atoms with E-state index in [-0.39, 0.29) is 5.84 Å². The summed E-state index contributed by atoms with van der Waals surface area (Å²) in [5, 5.41) is 8.63. The first-order valence-electron chi connectivity index (χ1n) is 7.17. The van der Waals surface area contributed by atoms with Crippen molar-refractivity contribution >= 4 is 17.6 Å². The van der Waals surface area contributed by atoms with Crippen molar-refractivity contribution in [1.82, 2.24) is 4.98 Å². The molecular formula is C17H19N3S. The fourth-order valence-electron chi connectivity index (χ4n) is 2.93. The molecule has 0 radical (unpaired) electrons. The number of nitrogens with zero attached hydrogens (tertiary/aromatic N) is 1. The zero-order valence-corrected chi connectivity index (χ0v) is 13.2. The third kappa shape index (κ3) is 2.81. The number of benzene rings is 1. The molecule has 0 spiro atoms. The molecule has 1 aromatic heterocycles. The maximum atomic E-state index is 7.80. The maximum absolute atomic E-state index is 7.80. The zero-order chi connectivity index (χ0) is 15.0. The number of rotatable bonds is 3. The molecule has 0 saturated heterocycles. The van der Waals surface area contributed by atoms with Gasteiger partial charge in [0, 0.05) is 10.6 Å². The molecule has 0 unspecified atom stereocenters. The quantitative estimate of drug-likeness (QED) is 0.672. The number of hydrogen-bond acceptors (Lipinski definition) is 3. The molecule has 4 heteroatoms. The molecule has 1 aliphatic carbocycles. The smallest absolute Gasteiger partial charge is 0.125 e. The van der Waals surface area contributed by atoms with Crippen LogP contribution in [0, 0.1) is 19.3 Å². The Morgan fingerprint density at radius 1 is 1.19 bits per heavy atom. The van der Waals surface area contributed by atoms with Gasteiger partial charge in [0.2, 0.25) is 0 Å². The highest BCUT2D eigenvalue weighted by Crippen LogP contribution is 2.33. The second-order valence-electron chi connectivity index (χ2n) is 5.56. The van der Waals surface area contributed by atoms with Gasteiger partial charge in [0.05, 0.1) is 5.56 Å². The van der Waals surface area contributed by atoms with Crippen molar-refractivity contribution in [3.63, 3.8) is 0 Å². The van der Waals surface area contributed by atoms with Crippen LogP contribution in [-0.4, -0.2) is 10.8 Å². The molecular weight excluding hydrogens is 278 g/mol. The maximum Gasteiger partial charge on any atom is 0.125 e. The number of amidine groups is 1. The minimum absolute atomic E-state index is 0.0867. The monoisotopic (exact) mass is 297 g/mol. The average molecular weight is 297 g/mol. The Hall–Kier alpha value is -1.81. The number of aryl methyl sites for hydroxylation is 4. The number of nitrogens with one attached hydrogen (secondary N) is 1. The van der Waals surface area contributed by atoms with Gasteiger partial charge in [-0.1, -0.05) is 17.8 Å². The molecule has 1 aliphatic rings. The van der Waals surface area contributed by atoms with E-state index in [2.05, 4.69) is 23.2 Å². The molecule has 3 nitrogen and oxygen atoms in total. The van der Waals surface area contributed by atoms with Gasteiger partial charge in [-0.15, -0.1) is 0 Å². The summed E-state index contributed by atoms with van der Waals surface area (Å²) in [6.45, 7) is 3.96. The van der Waals surface area contributed by atoms with Crippen molar-refractivity contribution in [2.24, 2.45) is 5.73 Å². The lowest BCUT2D eigenvalue weighted by Gasteiger charge is -2.12. The van der Waals surface area contributed by atoms with Crippen LogP contribution in [-0.2, 0) is 12.8 Å². The number of nitrogens with two attached hydrogens (primary N) is 1. The van der Waals surface area contributed by atoms with Gasteiger partial charge < -0.3 is 5.73 Å². The third-order valence-corrected chi connectivity index (χ3v) is 4.84. The second-order valence-corrected chi connectivity index (χ2v) is 6.62. The van der Waals surface area contributed by atoms with E-state index in [1.165, 1.54) is 35.3 Å². The minimum atomic E-state index is 0.0867. The number of hydrogen-bond donors (Lipinski definition) is 2. The van der Waals surface area contributed by atoms with Crippen LogP contribution in [0.3, 0.4) is 0 Å². The van der Waals surface area contributed by atoms with E-state index in [0.717, 1.165) is 21.8 Å². The van der Waals surface area contributed by atoms with Crippen molar-refractivity contribution in [2.75, 3.05) is 0 Å². The van der Waals surface area contributed by atoms with Crippen molar-refractivity contribution in [2.45, 2.75) is 43.0 Å². The van der Waals surface area contributed by atoms with Gasteiger partial charge in [0.1, 0.15) is 10.9 Å². The van der Waals surface area contributed by atoms with Crippen LogP contribution in [0.5, 0.6) is 0 Å². The number of aromatic nitrogens is 1.